The summed E-state index contributed by atoms with van der Waals surface area (Å²) in [6.07, 6.45) is 3.61. The van der Waals surface area contributed by atoms with Crippen LogP contribution in [0.3, 0.4) is 0 Å². The molecule has 2 unspecified atom stereocenters. The summed E-state index contributed by atoms with van der Waals surface area (Å²) in [5.74, 6) is -0.0733. The Bertz CT molecular complexity index is 430. The fraction of sp³-hybridized carbons (Fsp3) is 0.500. The van der Waals surface area contributed by atoms with Crippen LogP contribution in [0.4, 0.5) is 0 Å². The molecule has 0 aliphatic heterocycles. The van der Waals surface area contributed by atoms with Crippen molar-refractivity contribution in [2.45, 2.75) is 38.1 Å². The Morgan fingerprint density at radius 1 is 1.22 bits per heavy atom. The van der Waals surface area contributed by atoms with E-state index in [1.807, 2.05) is 18.2 Å². The SMILES string of the molecule is O=C(CC1CCCCC1[N+](=O)[O-])c1ccccc1. The molecule has 4 nitrogen and oxygen atoms in total. The van der Waals surface area contributed by atoms with Gasteiger partial charge in [0.05, 0.1) is 0 Å². The minimum atomic E-state index is -0.536. The van der Waals surface area contributed by atoms with Gasteiger partial charge in [-0.25, -0.2) is 0 Å². The molecule has 1 saturated carbocycles. The number of Topliss-reactive ketones (excluding diaryl/α,β-unsaturated/α-hetero) is 1. The molecular weight excluding hydrogens is 230 g/mol. The van der Waals surface area contributed by atoms with Crippen LogP contribution in [0.1, 0.15) is 42.5 Å². The molecule has 0 radical (unpaired) electrons. The van der Waals surface area contributed by atoms with Crippen molar-refractivity contribution in [3.05, 3.63) is 46.0 Å². The molecule has 4 heteroatoms. The quantitative estimate of drug-likeness (QED) is 0.466. The lowest BCUT2D eigenvalue weighted by atomic mass is 9.81. The van der Waals surface area contributed by atoms with E-state index in [0.29, 0.717) is 18.4 Å². The highest BCUT2D eigenvalue weighted by molar-refractivity contribution is 5.96. The maximum absolute atomic E-state index is 12.1. The maximum atomic E-state index is 12.1. The first-order valence-electron chi connectivity index (χ1n) is 6.40. The zero-order valence-corrected chi connectivity index (χ0v) is 10.2. The summed E-state index contributed by atoms with van der Waals surface area (Å²) >= 11 is 0. The summed E-state index contributed by atoms with van der Waals surface area (Å²) in [5, 5.41) is 11.0. The summed E-state index contributed by atoms with van der Waals surface area (Å²) in [5.41, 5.74) is 0.658. The molecule has 2 atom stereocenters. The van der Waals surface area contributed by atoms with Crippen molar-refractivity contribution in [3.63, 3.8) is 0 Å². The second kappa shape index (κ2) is 5.76. The molecule has 1 aliphatic rings. The van der Waals surface area contributed by atoms with E-state index in [1.54, 1.807) is 12.1 Å². The Balaban J connectivity index is 2.03. The highest BCUT2D eigenvalue weighted by Gasteiger charge is 2.35. The van der Waals surface area contributed by atoms with E-state index in [9.17, 15) is 14.9 Å². The van der Waals surface area contributed by atoms with E-state index in [4.69, 9.17) is 0 Å². The number of nitro groups is 1. The van der Waals surface area contributed by atoms with Gasteiger partial charge in [0.15, 0.2) is 5.78 Å². The molecule has 0 bridgehead atoms. The normalized spacial score (nSPS) is 23.6. The predicted molar refractivity (Wildman–Crippen MR) is 68.1 cm³/mol. The summed E-state index contributed by atoms with van der Waals surface area (Å²) < 4.78 is 0. The zero-order valence-electron chi connectivity index (χ0n) is 10.2. The Morgan fingerprint density at radius 3 is 2.56 bits per heavy atom. The molecule has 0 amide bonds. The fourth-order valence-electron chi connectivity index (χ4n) is 2.68. The van der Waals surface area contributed by atoms with Gasteiger partial charge < -0.3 is 0 Å². The van der Waals surface area contributed by atoms with Crippen molar-refractivity contribution in [3.8, 4) is 0 Å². The summed E-state index contributed by atoms with van der Waals surface area (Å²) in [6, 6.07) is 8.50. The van der Waals surface area contributed by atoms with E-state index >= 15 is 0 Å². The van der Waals surface area contributed by atoms with E-state index < -0.39 is 6.04 Å². The maximum Gasteiger partial charge on any atom is 0.216 e. The van der Waals surface area contributed by atoms with Crippen LogP contribution >= 0.6 is 0 Å². The monoisotopic (exact) mass is 247 g/mol. The van der Waals surface area contributed by atoms with Crippen LogP contribution in [-0.4, -0.2) is 16.7 Å². The smallest absolute Gasteiger partial charge is 0.216 e. The van der Waals surface area contributed by atoms with Gasteiger partial charge in [0, 0.05) is 29.2 Å². The third-order valence-corrected chi connectivity index (χ3v) is 3.68. The minimum Gasteiger partial charge on any atom is -0.294 e. The van der Waals surface area contributed by atoms with Gasteiger partial charge >= 0.3 is 0 Å². The number of hydrogen-bond acceptors (Lipinski definition) is 3. The first-order valence-corrected chi connectivity index (χ1v) is 6.40. The van der Waals surface area contributed by atoms with Crippen LogP contribution in [0.5, 0.6) is 0 Å². The second-order valence-corrected chi connectivity index (χ2v) is 4.89. The Labute approximate surface area is 106 Å². The number of rotatable bonds is 4. The fourth-order valence-corrected chi connectivity index (χ4v) is 2.68. The molecule has 2 rings (SSSR count). The number of benzene rings is 1. The molecule has 1 aromatic rings. The van der Waals surface area contributed by atoms with Crippen LogP contribution in [-0.2, 0) is 0 Å². The van der Waals surface area contributed by atoms with Crippen molar-refractivity contribution < 1.29 is 9.72 Å². The molecule has 1 fully saturated rings. The summed E-state index contributed by atoms with van der Waals surface area (Å²) in [6.45, 7) is 0. The number of hydrogen-bond donors (Lipinski definition) is 0. The zero-order chi connectivity index (χ0) is 13.0. The van der Waals surface area contributed by atoms with E-state index in [2.05, 4.69) is 0 Å². The van der Waals surface area contributed by atoms with E-state index in [-0.39, 0.29) is 16.6 Å². The highest BCUT2D eigenvalue weighted by atomic mass is 16.6. The van der Waals surface area contributed by atoms with Crippen LogP contribution in [0.2, 0.25) is 0 Å². The largest absolute Gasteiger partial charge is 0.294 e. The second-order valence-electron chi connectivity index (χ2n) is 4.89. The third kappa shape index (κ3) is 2.94. The van der Waals surface area contributed by atoms with Gasteiger partial charge in [0.25, 0.3) is 0 Å². The lowest BCUT2D eigenvalue weighted by Crippen LogP contribution is -2.33. The standard InChI is InChI=1S/C14H17NO3/c16-14(11-6-2-1-3-7-11)10-12-8-4-5-9-13(12)15(17)18/h1-3,6-7,12-13H,4-5,8-10H2. The summed E-state index contributed by atoms with van der Waals surface area (Å²) in [7, 11) is 0. The van der Waals surface area contributed by atoms with Crippen LogP contribution in [0.15, 0.2) is 30.3 Å². The van der Waals surface area contributed by atoms with Gasteiger partial charge in [-0.1, -0.05) is 36.8 Å². The average molecular weight is 247 g/mol. The number of nitrogens with zero attached hydrogens (tertiary/aromatic N) is 1. The molecular formula is C14H17NO3. The van der Waals surface area contributed by atoms with Gasteiger partial charge in [-0.05, 0) is 12.8 Å². The lowest BCUT2D eigenvalue weighted by molar-refractivity contribution is -0.535. The molecule has 0 N–H and O–H groups in total. The first-order chi connectivity index (χ1) is 8.68. The molecule has 96 valence electrons. The Morgan fingerprint density at radius 2 is 1.89 bits per heavy atom. The van der Waals surface area contributed by atoms with Crippen molar-refractivity contribution >= 4 is 5.78 Å². The van der Waals surface area contributed by atoms with Gasteiger partial charge in [0.1, 0.15) is 0 Å². The van der Waals surface area contributed by atoms with Crippen LogP contribution < -0.4 is 0 Å². The van der Waals surface area contributed by atoms with Crippen molar-refractivity contribution in [1.82, 2.24) is 0 Å². The molecule has 1 aromatic carbocycles. The Hall–Kier alpha value is -1.71. The van der Waals surface area contributed by atoms with Gasteiger partial charge in [-0.15, -0.1) is 0 Å². The topological polar surface area (TPSA) is 60.2 Å². The van der Waals surface area contributed by atoms with Crippen LogP contribution in [0, 0.1) is 16.0 Å². The molecule has 0 saturated heterocycles. The molecule has 18 heavy (non-hydrogen) atoms. The molecule has 0 heterocycles. The summed E-state index contributed by atoms with van der Waals surface area (Å²) in [4.78, 5) is 22.8. The number of carbonyl (C=O) groups is 1. The van der Waals surface area contributed by atoms with Crippen molar-refractivity contribution in [2.75, 3.05) is 0 Å². The molecule has 0 aromatic heterocycles. The molecule has 0 spiro atoms. The van der Waals surface area contributed by atoms with Crippen LogP contribution in [0.25, 0.3) is 0 Å². The minimum absolute atomic E-state index is 0.0225. The lowest BCUT2D eigenvalue weighted by Gasteiger charge is -2.24. The van der Waals surface area contributed by atoms with Crippen molar-refractivity contribution in [2.24, 2.45) is 5.92 Å². The van der Waals surface area contributed by atoms with Gasteiger partial charge in [0.2, 0.25) is 6.04 Å². The van der Waals surface area contributed by atoms with Crippen molar-refractivity contribution in [1.29, 1.82) is 0 Å². The predicted octanol–water partition coefficient (Wildman–Crippen LogP) is 3.09. The van der Waals surface area contributed by atoms with E-state index in [1.165, 1.54) is 0 Å². The van der Waals surface area contributed by atoms with E-state index in [0.717, 1.165) is 19.3 Å². The molecule has 1 aliphatic carbocycles. The number of carbonyl (C=O) groups excluding carboxylic acids is 1. The van der Waals surface area contributed by atoms with Gasteiger partial charge in [-0.2, -0.15) is 0 Å². The first kappa shape index (κ1) is 12.7. The third-order valence-electron chi connectivity index (χ3n) is 3.68. The Kier molecular flexibility index (Phi) is 4.07. The highest BCUT2D eigenvalue weighted by Crippen LogP contribution is 2.29. The number of ketones is 1. The van der Waals surface area contributed by atoms with Gasteiger partial charge in [-0.3, -0.25) is 14.9 Å². The average Bonchev–Trinajstić information content (AvgIpc) is 2.40.